The lowest BCUT2D eigenvalue weighted by molar-refractivity contribution is -0.384. The van der Waals surface area contributed by atoms with E-state index in [0.717, 1.165) is 15.4 Å². The molecule has 2 aromatic heterocycles. The van der Waals surface area contributed by atoms with Crippen LogP contribution in [0, 0.1) is 22.0 Å². The first-order valence-corrected chi connectivity index (χ1v) is 13.1. The van der Waals surface area contributed by atoms with Gasteiger partial charge >= 0.3 is 5.97 Å². The first kappa shape index (κ1) is 24.5. The number of hydrogen-bond acceptors (Lipinski definition) is 8. The van der Waals surface area contributed by atoms with Crippen LogP contribution in [0.1, 0.15) is 31.2 Å². The van der Waals surface area contributed by atoms with Crippen LogP contribution in [0.2, 0.25) is 0 Å². The highest BCUT2D eigenvalue weighted by Crippen LogP contribution is 2.53. The number of imidazole rings is 1. The number of carbonyl (C=O) groups excluding carboxylic acids is 1. The molecular formula is C24H24N4O6S2. The fourth-order valence-corrected chi connectivity index (χ4v) is 7.25. The van der Waals surface area contributed by atoms with E-state index in [1.54, 1.807) is 30.2 Å². The number of β-lactam (4-membered cyclic amide) rings is 1. The van der Waals surface area contributed by atoms with Crippen LogP contribution in [-0.4, -0.2) is 58.7 Å². The number of thioether (sulfide) groups is 1. The summed E-state index contributed by atoms with van der Waals surface area (Å²) in [7, 11) is 0. The molecule has 4 heterocycles. The van der Waals surface area contributed by atoms with E-state index in [0.29, 0.717) is 22.1 Å². The summed E-state index contributed by atoms with van der Waals surface area (Å²) < 4.78 is 1.86. The monoisotopic (exact) mass is 528 g/mol. The Bertz CT molecular complexity index is 1410. The van der Waals surface area contributed by atoms with Crippen molar-refractivity contribution in [1.29, 1.82) is 0 Å². The van der Waals surface area contributed by atoms with Crippen LogP contribution in [0.5, 0.6) is 0 Å². The van der Waals surface area contributed by atoms with E-state index in [4.69, 9.17) is 0 Å². The molecule has 1 aromatic carbocycles. The second-order valence-electron chi connectivity index (χ2n) is 9.29. The fourth-order valence-electron chi connectivity index (χ4n) is 5.14. The zero-order chi connectivity index (χ0) is 25.9. The van der Waals surface area contributed by atoms with Crippen LogP contribution in [0.25, 0.3) is 10.4 Å². The summed E-state index contributed by atoms with van der Waals surface area (Å²) in [6, 6.07) is 5.61. The van der Waals surface area contributed by atoms with E-state index in [1.165, 1.54) is 35.3 Å². The summed E-state index contributed by atoms with van der Waals surface area (Å²) in [4.78, 5) is 43.4. The number of thiazole rings is 1. The number of carboxylic acids is 1. The minimum atomic E-state index is -1.20. The van der Waals surface area contributed by atoms with Gasteiger partial charge < -0.3 is 15.1 Å². The number of nitro groups is 1. The third kappa shape index (κ3) is 3.89. The molecule has 5 rings (SSSR count). The molecule has 0 saturated carbocycles. The Morgan fingerprint density at radius 3 is 2.56 bits per heavy atom. The molecule has 12 heteroatoms. The van der Waals surface area contributed by atoms with Gasteiger partial charge in [0.25, 0.3) is 5.69 Å². The predicted molar refractivity (Wildman–Crippen MR) is 135 cm³/mol. The number of benzene rings is 1. The number of hydrogen-bond donors (Lipinski definition) is 2. The average molecular weight is 529 g/mol. The van der Waals surface area contributed by atoms with Crippen LogP contribution in [0.4, 0.5) is 5.69 Å². The fraction of sp³-hybridized carbons (Fsp3) is 0.375. The number of aliphatic hydroxyl groups excluding tert-OH is 1. The number of amides is 1. The number of nitrogens with zero attached hydrogens (tertiary/aromatic N) is 4. The van der Waals surface area contributed by atoms with Crippen molar-refractivity contribution in [2.24, 2.45) is 11.8 Å². The Hall–Kier alpha value is -3.22. The lowest BCUT2D eigenvalue weighted by atomic mass is 9.74. The van der Waals surface area contributed by atoms with Gasteiger partial charge in [-0.2, -0.15) is 0 Å². The number of carbonyl (C=O) groups is 2. The van der Waals surface area contributed by atoms with E-state index in [-0.39, 0.29) is 11.4 Å². The van der Waals surface area contributed by atoms with E-state index in [2.05, 4.69) is 18.8 Å². The number of rotatable bonds is 8. The number of nitro benzene ring substituents is 1. The molecule has 1 fully saturated rings. The summed E-state index contributed by atoms with van der Waals surface area (Å²) >= 11 is 3.04. The van der Waals surface area contributed by atoms with Crippen molar-refractivity contribution in [1.82, 2.24) is 14.3 Å². The van der Waals surface area contributed by atoms with Crippen molar-refractivity contribution < 1.29 is 24.7 Å². The predicted octanol–water partition coefficient (Wildman–Crippen LogP) is 3.68. The molecule has 188 valence electrons. The van der Waals surface area contributed by atoms with Crippen molar-refractivity contribution in [3.8, 4) is 0 Å². The Labute approximate surface area is 214 Å². The number of fused-ring (bicyclic) bond motifs is 2. The lowest BCUT2D eigenvalue weighted by Gasteiger charge is -2.47. The lowest BCUT2D eigenvalue weighted by Crippen LogP contribution is -2.64. The van der Waals surface area contributed by atoms with Gasteiger partial charge in [-0.3, -0.25) is 19.3 Å². The molecule has 0 spiro atoms. The second-order valence-corrected chi connectivity index (χ2v) is 11.9. The minimum absolute atomic E-state index is 0.0365. The van der Waals surface area contributed by atoms with Crippen molar-refractivity contribution in [2.45, 2.75) is 49.6 Å². The van der Waals surface area contributed by atoms with E-state index in [9.17, 15) is 29.9 Å². The third-order valence-electron chi connectivity index (χ3n) is 6.59. The molecule has 10 nitrogen and oxygen atoms in total. The largest absolute Gasteiger partial charge is 0.477 e. The highest BCUT2D eigenvalue weighted by Gasteiger charge is 2.61. The molecule has 1 saturated heterocycles. The number of aliphatic carboxylic acids is 1. The number of carboxylic acid groups (broad SMARTS) is 1. The molecule has 36 heavy (non-hydrogen) atoms. The summed E-state index contributed by atoms with van der Waals surface area (Å²) in [6.07, 6.45) is 2.96. The van der Waals surface area contributed by atoms with Gasteiger partial charge in [0.05, 0.1) is 27.9 Å². The highest BCUT2D eigenvalue weighted by molar-refractivity contribution is 8.00. The molecule has 0 radical (unpaired) electrons. The molecule has 2 N–H and O–H groups in total. The Kier molecular flexibility index (Phi) is 6.13. The maximum atomic E-state index is 13.0. The van der Waals surface area contributed by atoms with Crippen LogP contribution in [-0.2, 0) is 16.0 Å². The van der Waals surface area contributed by atoms with E-state index < -0.39 is 40.8 Å². The first-order valence-electron chi connectivity index (χ1n) is 11.4. The number of non-ortho nitro benzene ring substituents is 1. The van der Waals surface area contributed by atoms with Crippen LogP contribution in [0.15, 0.2) is 47.5 Å². The normalized spacial score (nSPS) is 22.3. The van der Waals surface area contributed by atoms with Crippen LogP contribution in [0.3, 0.4) is 0 Å². The topological polar surface area (TPSA) is 138 Å². The van der Waals surface area contributed by atoms with E-state index in [1.807, 2.05) is 10.6 Å². The van der Waals surface area contributed by atoms with Crippen molar-refractivity contribution in [3.05, 3.63) is 63.0 Å². The third-order valence-corrected chi connectivity index (χ3v) is 8.85. The first-order chi connectivity index (χ1) is 17.1. The van der Waals surface area contributed by atoms with Crippen molar-refractivity contribution >= 4 is 51.1 Å². The highest BCUT2D eigenvalue weighted by atomic mass is 32.2. The SMILES string of the molecule is CC(C)Sc1ncn2cc(C3=C(C(=O)O)N4C(=O)[C@H]([C@@H](C)O)[C@H]4C3Cc3ccc([N+](=O)[O-])cc3)sc12. The van der Waals surface area contributed by atoms with E-state index >= 15 is 0 Å². The Balaban J connectivity index is 1.62. The van der Waals surface area contributed by atoms with Crippen LogP contribution >= 0.6 is 23.1 Å². The van der Waals surface area contributed by atoms with Crippen molar-refractivity contribution in [2.75, 3.05) is 0 Å². The smallest absolute Gasteiger partial charge is 0.352 e. The second kappa shape index (κ2) is 9.02. The molecule has 4 atom stereocenters. The van der Waals surface area contributed by atoms with Gasteiger partial charge in [-0.1, -0.05) is 26.0 Å². The van der Waals surface area contributed by atoms with Gasteiger partial charge in [0.15, 0.2) is 0 Å². The summed E-state index contributed by atoms with van der Waals surface area (Å²) in [6.45, 7) is 5.68. The molecule has 1 unspecified atom stereocenters. The zero-order valence-electron chi connectivity index (χ0n) is 19.7. The van der Waals surface area contributed by atoms with Gasteiger partial charge in [-0.25, -0.2) is 9.78 Å². The molecule has 0 aliphatic carbocycles. The molecule has 1 amide bonds. The maximum Gasteiger partial charge on any atom is 0.352 e. The summed E-state index contributed by atoms with van der Waals surface area (Å²) in [5.74, 6) is -2.74. The molecule has 3 aromatic rings. The van der Waals surface area contributed by atoms with Gasteiger partial charge in [0, 0.05) is 35.1 Å². The Morgan fingerprint density at radius 1 is 1.28 bits per heavy atom. The zero-order valence-corrected chi connectivity index (χ0v) is 21.3. The molecule has 0 bridgehead atoms. The van der Waals surface area contributed by atoms with Crippen molar-refractivity contribution in [3.63, 3.8) is 0 Å². The van der Waals surface area contributed by atoms with Crippen LogP contribution < -0.4 is 0 Å². The van der Waals surface area contributed by atoms with Gasteiger partial charge in [-0.15, -0.1) is 23.1 Å². The standard InChI is InChI=1S/C24H24N4O6S2/c1-11(2)35-21-23-26(10-25-21)9-16(36-23)18-15(8-13-4-6-14(7-5-13)28(33)34)19-17(12(3)29)22(30)27(19)20(18)24(31)32/h4-7,9-12,15,17,19,29H,8H2,1-3H3,(H,31,32)/t12-,15?,17-,19-/m1/s1. The quantitative estimate of drug-likeness (QED) is 0.195. The maximum absolute atomic E-state index is 13.0. The Morgan fingerprint density at radius 2 is 1.97 bits per heavy atom. The number of aliphatic hydroxyl groups is 1. The number of aromatic nitrogens is 2. The molecule has 2 aliphatic heterocycles. The molecule has 2 aliphatic rings. The summed E-state index contributed by atoms with van der Waals surface area (Å²) in [5, 5.41) is 32.8. The molecular weight excluding hydrogens is 504 g/mol. The van der Waals surface area contributed by atoms with Gasteiger partial charge in [0.2, 0.25) is 5.91 Å². The van der Waals surface area contributed by atoms with Gasteiger partial charge in [0.1, 0.15) is 21.9 Å². The van der Waals surface area contributed by atoms with Gasteiger partial charge in [-0.05, 0) is 18.9 Å². The average Bonchev–Trinajstić information content (AvgIpc) is 3.44. The summed E-state index contributed by atoms with van der Waals surface area (Å²) in [5.41, 5.74) is 1.21. The minimum Gasteiger partial charge on any atom is -0.477 e.